The molecule has 198 valence electrons. The van der Waals surface area contributed by atoms with Crippen LogP contribution in [0.3, 0.4) is 0 Å². The summed E-state index contributed by atoms with van der Waals surface area (Å²) in [6.45, 7) is 1.99. The van der Waals surface area contributed by atoms with Crippen molar-refractivity contribution in [2.45, 2.75) is 38.2 Å². The van der Waals surface area contributed by atoms with Gasteiger partial charge in [0.15, 0.2) is 0 Å². The molecule has 3 aromatic carbocycles. The van der Waals surface area contributed by atoms with E-state index in [1.54, 1.807) is 53.1 Å². The summed E-state index contributed by atoms with van der Waals surface area (Å²) < 4.78 is 42.3. The number of aryl methyl sites for hydroxylation is 1. The van der Waals surface area contributed by atoms with E-state index >= 15 is 0 Å². The molecule has 0 radical (unpaired) electrons. The molecule has 0 saturated carbocycles. The monoisotopic (exact) mass is 521 g/mol. The molecule has 0 spiro atoms. The Morgan fingerprint density at radius 1 is 0.974 bits per heavy atom. The Morgan fingerprint density at radius 2 is 1.74 bits per heavy atom. The summed E-state index contributed by atoms with van der Waals surface area (Å²) in [6.07, 6.45) is 0.933. The molecule has 0 aliphatic carbocycles. The van der Waals surface area contributed by atoms with Gasteiger partial charge in [0.05, 0.1) is 24.1 Å². The van der Waals surface area contributed by atoms with Crippen LogP contribution in [0.15, 0.2) is 72.8 Å². The molecular formula is C30H30F3N3O2. The number of hydrogen-bond donors (Lipinski definition) is 1. The lowest BCUT2D eigenvalue weighted by molar-refractivity contribution is -0.123. The van der Waals surface area contributed by atoms with Crippen LogP contribution in [-0.4, -0.2) is 42.3 Å². The Morgan fingerprint density at radius 3 is 2.45 bits per heavy atom. The molecule has 5 nitrogen and oxygen atoms in total. The number of anilines is 2. The summed E-state index contributed by atoms with van der Waals surface area (Å²) in [5.74, 6) is -4.61. The number of alkyl halides is 2. The van der Waals surface area contributed by atoms with Crippen molar-refractivity contribution in [3.05, 3.63) is 95.3 Å². The summed E-state index contributed by atoms with van der Waals surface area (Å²) in [6, 6.07) is 20.2. The van der Waals surface area contributed by atoms with E-state index < -0.39 is 29.6 Å². The van der Waals surface area contributed by atoms with Gasteiger partial charge in [-0.15, -0.1) is 0 Å². The van der Waals surface area contributed by atoms with Gasteiger partial charge in [0, 0.05) is 30.9 Å². The van der Waals surface area contributed by atoms with E-state index in [1.165, 1.54) is 6.07 Å². The summed E-state index contributed by atoms with van der Waals surface area (Å²) in [5, 5.41) is 2.95. The molecule has 8 heteroatoms. The van der Waals surface area contributed by atoms with Crippen LogP contribution >= 0.6 is 0 Å². The molecule has 2 amide bonds. The van der Waals surface area contributed by atoms with Crippen molar-refractivity contribution < 1.29 is 22.8 Å². The number of likely N-dealkylation sites (tertiary alicyclic amines) is 1. The third-order valence-electron chi connectivity index (χ3n) is 7.45. The van der Waals surface area contributed by atoms with Crippen molar-refractivity contribution in [3.63, 3.8) is 0 Å². The highest BCUT2D eigenvalue weighted by Crippen LogP contribution is 2.39. The molecule has 2 aliphatic heterocycles. The molecule has 0 bridgehead atoms. The van der Waals surface area contributed by atoms with Crippen LogP contribution in [0.1, 0.15) is 46.8 Å². The van der Waals surface area contributed by atoms with Crippen molar-refractivity contribution in [1.29, 1.82) is 0 Å². The molecule has 3 aromatic rings. The summed E-state index contributed by atoms with van der Waals surface area (Å²) in [5.41, 5.74) is 2.48. The lowest BCUT2D eigenvalue weighted by Crippen LogP contribution is -2.46. The van der Waals surface area contributed by atoms with Crippen LogP contribution in [-0.2, 0) is 4.79 Å². The van der Waals surface area contributed by atoms with Crippen LogP contribution in [0.2, 0.25) is 0 Å². The molecule has 1 N–H and O–H groups in total. The maximum Gasteiger partial charge on any atom is 0.266 e. The van der Waals surface area contributed by atoms with E-state index in [4.69, 9.17) is 0 Å². The van der Waals surface area contributed by atoms with Crippen molar-refractivity contribution in [2.75, 3.05) is 29.9 Å². The Kier molecular flexibility index (Phi) is 7.15. The first-order valence-electron chi connectivity index (χ1n) is 12.9. The van der Waals surface area contributed by atoms with E-state index in [2.05, 4.69) is 5.32 Å². The van der Waals surface area contributed by atoms with E-state index in [1.807, 2.05) is 30.3 Å². The number of benzene rings is 3. The van der Waals surface area contributed by atoms with Gasteiger partial charge in [-0.1, -0.05) is 48.5 Å². The first-order valence-corrected chi connectivity index (χ1v) is 12.9. The first-order chi connectivity index (χ1) is 18.2. The number of nitrogens with zero attached hydrogens (tertiary/aromatic N) is 2. The number of rotatable bonds is 5. The number of carbonyl (C=O) groups is 2. The molecule has 2 saturated heterocycles. The highest BCUT2D eigenvalue weighted by molar-refractivity contribution is 5.98. The van der Waals surface area contributed by atoms with Gasteiger partial charge in [0.2, 0.25) is 5.91 Å². The number of halogens is 3. The third-order valence-corrected chi connectivity index (χ3v) is 7.45. The average molecular weight is 522 g/mol. The zero-order valence-electron chi connectivity index (χ0n) is 21.2. The SMILES string of the molecule is Cc1cccc(F)c1C(=O)N1CCC[C@H](C(=O)Nc2cccc(N3CCC(F)(F)C3)c2)C1c1ccccc1. The van der Waals surface area contributed by atoms with Gasteiger partial charge in [-0.2, -0.15) is 0 Å². The number of hydrogen-bond acceptors (Lipinski definition) is 3. The second kappa shape index (κ2) is 10.5. The quantitative estimate of drug-likeness (QED) is 0.434. The van der Waals surface area contributed by atoms with Gasteiger partial charge in [0.25, 0.3) is 11.8 Å². The molecule has 2 fully saturated rings. The van der Waals surface area contributed by atoms with Gasteiger partial charge < -0.3 is 15.1 Å². The molecule has 0 aromatic heterocycles. The molecule has 5 rings (SSSR count). The van der Waals surface area contributed by atoms with Crippen molar-refractivity contribution >= 4 is 23.2 Å². The van der Waals surface area contributed by atoms with E-state index in [0.717, 1.165) is 5.56 Å². The van der Waals surface area contributed by atoms with Gasteiger partial charge in [-0.05, 0) is 55.2 Å². The van der Waals surface area contributed by atoms with Gasteiger partial charge in [-0.25, -0.2) is 13.2 Å². The third kappa shape index (κ3) is 5.26. The van der Waals surface area contributed by atoms with E-state index in [0.29, 0.717) is 36.3 Å². The predicted octanol–water partition coefficient (Wildman–Crippen LogP) is 6.21. The van der Waals surface area contributed by atoms with Crippen molar-refractivity contribution in [3.8, 4) is 0 Å². The summed E-state index contributed by atoms with van der Waals surface area (Å²) in [4.78, 5) is 30.6. The number of nitrogens with one attached hydrogen (secondary N) is 1. The van der Waals surface area contributed by atoms with Crippen LogP contribution in [0.25, 0.3) is 0 Å². The van der Waals surface area contributed by atoms with Gasteiger partial charge in [0.1, 0.15) is 5.82 Å². The van der Waals surface area contributed by atoms with Crippen LogP contribution in [0, 0.1) is 18.7 Å². The number of piperidine rings is 1. The molecular weight excluding hydrogens is 491 g/mol. The zero-order valence-corrected chi connectivity index (χ0v) is 21.2. The maximum absolute atomic E-state index is 14.8. The fraction of sp³-hybridized carbons (Fsp3) is 0.333. The largest absolute Gasteiger partial charge is 0.365 e. The van der Waals surface area contributed by atoms with Gasteiger partial charge in [-0.3, -0.25) is 9.59 Å². The lowest BCUT2D eigenvalue weighted by atomic mass is 9.83. The van der Waals surface area contributed by atoms with Crippen LogP contribution < -0.4 is 10.2 Å². The fourth-order valence-electron chi connectivity index (χ4n) is 5.58. The number of amides is 2. The maximum atomic E-state index is 14.8. The van der Waals surface area contributed by atoms with Crippen molar-refractivity contribution in [2.24, 2.45) is 5.92 Å². The molecule has 1 unspecified atom stereocenters. The second-order valence-corrected chi connectivity index (χ2v) is 10.1. The summed E-state index contributed by atoms with van der Waals surface area (Å²) >= 11 is 0. The van der Waals surface area contributed by atoms with Crippen molar-refractivity contribution in [1.82, 2.24) is 4.90 Å². The zero-order chi connectivity index (χ0) is 26.9. The summed E-state index contributed by atoms with van der Waals surface area (Å²) in [7, 11) is 0. The minimum Gasteiger partial charge on any atom is -0.365 e. The highest BCUT2D eigenvalue weighted by Gasteiger charge is 2.41. The molecule has 2 atom stereocenters. The highest BCUT2D eigenvalue weighted by atomic mass is 19.3. The Labute approximate surface area is 220 Å². The minimum atomic E-state index is -2.73. The first kappa shape index (κ1) is 25.8. The standard InChI is InChI=1S/C30H30F3N3O2/c1-20-8-5-14-25(31)26(20)29(38)36-16-7-13-24(27(36)21-9-3-2-4-10-21)28(37)34-22-11-6-12-23(18-22)35-17-15-30(32,33)19-35/h2-6,8-12,14,18,24,27H,7,13,15-17,19H2,1H3,(H,34,37)/t24-,27?/m0/s1. The molecule has 2 heterocycles. The minimum absolute atomic E-state index is 0.0182. The van der Waals surface area contributed by atoms with E-state index in [9.17, 15) is 22.8 Å². The predicted molar refractivity (Wildman–Crippen MR) is 141 cm³/mol. The fourth-order valence-corrected chi connectivity index (χ4v) is 5.58. The Balaban J connectivity index is 1.43. The molecule has 38 heavy (non-hydrogen) atoms. The number of carbonyl (C=O) groups excluding carboxylic acids is 2. The average Bonchev–Trinajstić information content (AvgIpc) is 3.28. The van der Waals surface area contributed by atoms with Crippen LogP contribution in [0.5, 0.6) is 0 Å². The Hall–Kier alpha value is -3.81. The lowest BCUT2D eigenvalue weighted by Gasteiger charge is -2.41. The Bertz CT molecular complexity index is 1310. The molecule has 2 aliphatic rings. The van der Waals surface area contributed by atoms with Gasteiger partial charge >= 0.3 is 0 Å². The van der Waals surface area contributed by atoms with Crippen LogP contribution in [0.4, 0.5) is 24.5 Å². The normalized spacial score (nSPS) is 20.8. The second-order valence-electron chi connectivity index (χ2n) is 10.1. The topological polar surface area (TPSA) is 52.7 Å². The smallest absolute Gasteiger partial charge is 0.266 e. The van der Waals surface area contributed by atoms with E-state index in [-0.39, 0.29) is 31.0 Å².